The fourth-order valence-corrected chi connectivity index (χ4v) is 9.68. The van der Waals surface area contributed by atoms with Crippen LogP contribution in [0.1, 0.15) is 27.8 Å². The number of hydrogen-bond acceptors (Lipinski definition) is 1. The molecule has 3 heteroatoms. The molecule has 9 aromatic rings. The van der Waals surface area contributed by atoms with Gasteiger partial charge in [-0.3, -0.25) is 0 Å². The largest absolute Gasteiger partial charge is 0.310 e. The lowest BCUT2D eigenvalue weighted by Crippen LogP contribution is -2.27. The van der Waals surface area contributed by atoms with Crippen LogP contribution in [0.3, 0.4) is 0 Å². The Bertz CT molecular complexity index is 2810. The molecule has 2 aliphatic carbocycles. The molecule has 0 radical (unpaired) electrons. The molecule has 2 aliphatic rings. The normalized spacial score (nSPS) is 15.1. The van der Waals surface area contributed by atoms with E-state index in [9.17, 15) is 0 Å². The van der Waals surface area contributed by atoms with Crippen LogP contribution in [-0.2, 0) is 5.41 Å². The Morgan fingerprint density at radius 3 is 1.70 bits per heavy atom. The summed E-state index contributed by atoms with van der Waals surface area (Å²) < 4.78 is 2.38. The lowest BCUT2D eigenvalue weighted by atomic mass is 9.70. The molecule has 1 heterocycles. The van der Waals surface area contributed by atoms with Gasteiger partial charge in [-0.05, 0) is 123 Å². The zero-order valence-corrected chi connectivity index (χ0v) is 30.4. The van der Waals surface area contributed by atoms with Crippen molar-refractivity contribution in [3.05, 3.63) is 210 Å². The highest BCUT2D eigenvalue weighted by Crippen LogP contribution is 2.63. The van der Waals surface area contributed by atoms with Crippen molar-refractivity contribution in [2.75, 3.05) is 4.90 Å². The first-order valence-corrected chi connectivity index (χ1v) is 18.9. The molecule has 0 aliphatic heterocycles. The Balaban J connectivity index is 1.13. The van der Waals surface area contributed by atoms with Gasteiger partial charge in [0.05, 0.1) is 16.4 Å². The predicted octanol–water partition coefficient (Wildman–Crippen LogP) is 12.4. The van der Waals surface area contributed by atoms with E-state index in [0.717, 1.165) is 22.7 Å². The summed E-state index contributed by atoms with van der Waals surface area (Å²) in [6, 6.07) is 67.4. The van der Waals surface area contributed by atoms with E-state index < -0.39 is 5.41 Å². The molecule has 250 valence electrons. The fraction of sp³-hybridized carbons (Fsp3) is 0.0400. The van der Waals surface area contributed by atoms with E-state index >= 15 is 0 Å². The van der Waals surface area contributed by atoms with Crippen LogP contribution in [0.15, 0.2) is 182 Å². The number of hydrogen-bond donors (Lipinski definition) is 0. The molecule has 8 aromatic carbocycles. The lowest BCUT2D eigenvalue weighted by Gasteiger charge is -2.32. The number of fused-ring (bicyclic) bond motifs is 13. The molecule has 53 heavy (non-hydrogen) atoms. The van der Waals surface area contributed by atoms with E-state index in [1.807, 2.05) is 0 Å². The van der Waals surface area contributed by atoms with E-state index in [1.165, 1.54) is 77.2 Å². The summed E-state index contributed by atoms with van der Waals surface area (Å²) in [4.78, 5) is 2.41. The fourth-order valence-electron chi connectivity index (χ4n) is 9.42. The van der Waals surface area contributed by atoms with E-state index in [1.54, 1.807) is 0 Å². The van der Waals surface area contributed by atoms with Gasteiger partial charge < -0.3 is 9.47 Å². The first-order valence-electron chi connectivity index (χ1n) is 18.3. The second-order valence-electron chi connectivity index (χ2n) is 14.4. The molecule has 0 saturated carbocycles. The van der Waals surface area contributed by atoms with Crippen molar-refractivity contribution in [2.24, 2.45) is 0 Å². The minimum Gasteiger partial charge on any atom is -0.310 e. The summed E-state index contributed by atoms with van der Waals surface area (Å²) >= 11 is 0. The SMILES string of the molecule is Cc1ccc2c(c1)C1(c3ccccc3-c3ccc(N(c4ccccc4)c4ccc(-n5c6ccccc6c6ccccc65)cc4)cc31)c1cc(P)ccc1-2. The topological polar surface area (TPSA) is 8.17 Å². The molecule has 1 aromatic heterocycles. The molecular weight excluding hydrogens is 660 g/mol. The maximum atomic E-state index is 2.95. The molecule has 1 spiro atoms. The number of rotatable bonds is 4. The standard InChI is InChI=1S/C50H35N2P/c1-32-19-26-39-41-28-25-37(53)31-47(41)50(45(39)29-32)44-16-8-5-13-38(44)40-27-24-36(30-46(40)50)51(33-11-3-2-4-12-33)34-20-22-35(23-21-34)52-48-17-9-6-14-42(48)43-15-7-10-18-49(43)52/h2-31H,53H2,1H3. The van der Waals surface area contributed by atoms with E-state index in [2.05, 4.69) is 208 Å². The van der Waals surface area contributed by atoms with Crippen molar-refractivity contribution in [1.29, 1.82) is 0 Å². The Morgan fingerprint density at radius 2 is 0.962 bits per heavy atom. The number of para-hydroxylation sites is 3. The third-order valence-corrected chi connectivity index (χ3v) is 11.9. The van der Waals surface area contributed by atoms with Crippen molar-refractivity contribution < 1.29 is 0 Å². The van der Waals surface area contributed by atoms with Crippen molar-refractivity contribution >= 4 is 53.4 Å². The number of benzene rings is 8. The molecule has 0 saturated heterocycles. The molecule has 2 nitrogen and oxygen atoms in total. The first-order chi connectivity index (χ1) is 26.1. The zero-order chi connectivity index (χ0) is 35.3. The molecule has 11 rings (SSSR count). The summed E-state index contributed by atoms with van der Waals surface area (Å²) in [6.45, 7) is 2.22. The predicted molar refractivity (Wildman–Crippen MR) is 226 cm³/mol. The average molecular weight is 695 g/mol. The third-order valence-electron chi connectivity index (χ3n) is 11.6. The van der Waals surface area contributed by atoms with Gasteiger partial charge in [0, 0.05) is 33.5 Å². The van der Waals surface area contributed by atoms with Gasteiger partial charge in [-0.2, -0.15) is 0 Å². The maximum Gasteiger partial charge on any atom is 0.0726 e. The number of aryl methyl sites for hydroxylation is 1. The van der Waals surface area contributed by atoms with Crippen LogP contribution >= 0.6 is 9.24 Å². The van der Waals surface area contributed by atoms with Crippen LogP contribution in [0.5, 0.6) is 0 Å². The van der Waals surface area contributed by atoms with Crippen LogP contribution in [-0.4, -0.2) is 4.57 Å². The van der Waals surface area contributed by atoms with Gasteiger partial charge in [0.15, 0.2) is 0 Å². The summed E-state index contributed by atoms with van der Waals surface area (Å²) in [6.07, 6.45) is 0. The number of anilines is 3. The van der Waals surface area contributed by atoms with E-state index in [-0.39, 0.29) is 0 Å². The van der Waals surface area contributed by atoms with Gasteiger partial charge in [0.1, 0.15) is 0 Å². The van der Waals surface area contributed by atoms with E-state index in [0.29, 0.717) is 0 Å². The van der Waals surface area contributed by atoms with Gasteiger partial charge in [0.2, 0.25) is 0 Å². The van der Waals surface area contributed by atoms with Gasteiger partial charge in [-0.25, -0.2) is 0 Å². The number of aromatic nitrogens is 1. The molecule has 0 amide bonds. The minimum atomic E-state index is -0.423. The molecular formula is C50H35N2P. The molecule has 0 N–H and O–H groups in total. The molecule has 2 unspecified atom stereocenters. The summed E-state index contributed by atoms with van der Waals surface area (Å²) in [5.74, 6) is 0. The Hall–Kier alpha value is -6.21. The molecule has 0 fully saturated rings. The zero-order valence-electron chi connectivity index (χ0n) is 29.3. The quantitative estimate of drug-likeness (QED) is 0.167. The van der Waals surface area contributed by atoms with Crippen molar-refractivity contribution in [2.45, 2.75) is 12.3 Å². The third kappa shape index (κ3) is 4.25. The van der Waals surface area contributed by atoms with Gasteiger partial charge >= 0.3 is 0 Å². The van der Waals surface area contributed by atoms with Gasteiger partial charge in [-0.1, -0.05) is 121 Å². The average Bonchev–Trinajstić information content (AvgIpc) is 3.80. The highest BCUT2D eigenvalue weighted by molar-refractivity contribution is 7.27. The second kappa shape index (κ2) is 11.4. The van der Waals surface area contributed by atoms with Gasteiger partial charge in [-0.15, -0.1) is 9.24 Å². The highest BCUT2D eigenvalue weighted by atomic mass is 31.0. The monoisotopic (exact) mass is 694 g/mol. The number of nitrogens with zero attached hydrogens (tertiary/aromatic N) is 2. The summed E-state index contributed by atoms with van der Waals surface area (Å²) in [7, 11) is 2.95. The van der Waals surface area contributed by atoms with E-state index in [4.69, 9.17) is 0 Å². The minimum absolute atomic E-state index is 0.423. The van der Waals surface area contributed by atoms with Crippen LogP contribution in [0, 0.1) is 6.92 Å². The maximum absolute atomic E-state index is 2.95. The molecule has 0 bridgehead atoms. The Labute approximate surface area is 311 Å². The summed E-state index contributed by atoms with van der Waals surface area (Å²) in [5.41, 5.74) is 18.5. The summed E-state index contributed by atoms with van der Waals surface area (Å²) in [5, 5.41) is 3.74. The molecule has 2 atom stereocenters. The van der Waals surface area contributed by atoms with Crippen molar-refractivity contribution in [3.8, 4) is 27.9 Å². The van der Waals surface area contributed by atoms with Crippen LogP contribution in [0.2, 0.25) is 0 Å². The van der Waals surface area contributed by atoms with Crippen molar-refractivity contribution in [3.63, 3.8) is 0 Å². The van der Waals surface area contributed by atoms with Crippen LogP contribution in [0.25, 0.3) is 49.7 Å². The Kier molecular flexibility index (Phi) is 6.54. The first kappa shape index (κ1) is 30.4. The van der Waals surface area contributed by atoms with Crippen LogP contribution in [0.4, 0.5) is 17.1 Å². The Morgan fingerprint density at radius 1 is 0.434 bits per heavy atom. The highest BCUT2D eigenvalue weighted by Gasteiger charge is 2.52. The van der Waals surface area contributed by atoms with Crippen LogP contribution < -0.4 is 10.2 Å². The van der Waals surface area contributed by atoms with Crippen molar-refractivity contribution in [1.82, 2.24) is 4.57 Å². The lowest BCUT2D eigenvalue weighted by molar-refractivity contribution is 0.793. The smallest absolute Gasteiger partial charge is 0.0726 e. The second-order valence-corrected chi connectivity index (χ2v) is 15.1. The van der Waals surface area contributed by atoms with Gasteiger partial charge in [0.25, 0.3) is 0 Å².